The molecule has 2 aromatic carbocycles. The minimum Gasteiger partial charge on any atom is -0.333 e. The van der Waals surface area contributed by atoms with Crippen LogP contribution in [0.4, 0.5) is 17.1 Å². The van der Waals surface area contributed by atoms with Crippen LogP contribution >= 0.6 is 11.3 Å². The molecule has 146 valence electrons. The molecule has 0 amide bonds. The topological polar surface area (TPSA) is 124 Å². The summed E-state index contributed by atoms with van der Waals surface area (Å²) in [7, 11) is 0. The van der Waals surface area contributed by atoms with Crippen LogP contribution in [-0.4, -0.2) is 21.1 Å². The van der Waals surface area contributed by atoms with E-state index in [-0.39, 0.29) is 30.3 Å². The van der Waals surface area contributed by atoms with E-state index in [1.54, 1.807) is 35.2 Å². The molecule has 0 fully saturated rings. The highest BCUT2D eigenvalue weighted by Crippen LogP contribution is 2.22. The normalized spacial score (nSPS) is 13.7. The zero-order chi connectivity index (χ0) is 20.5. The standard InChI is InChI=1S/C18H13N5O5S/c24-17-16(8-12-4-6-13(7-5-12)22(25)26)29-18-19-10-20(11-21(17)18)14-2-1-3-15(9-14)23(27)28/h1-9H,10-11H2. The number of hydrogen-bond acceptors (Lipinski definition) is 8. The van der Waals surface area contributed by atoms with Crippen LogP contribution in [0.15, 0.2) is 58.3 Å². The molecule has 3 aromatic rings. The van der Waals surface area contributed by atoms with Gasteiger partial charge in [0, 0.05) is 30.0 Å². The van der Waals surface area contributed by atoms with Crippen molar-refractivity contribution >= 4 is 34.5 Å². The van der Waals surface area contributed by atoms with E-state index in [0.29, 0.717) is 20.6 Å². The quantitative estimate of drug-likeness (QED) is 0.475. The summed E-state index contributed by atoms with van der Waals surface area (Å²) in [6.45, 7) is 0.502. The number of nitro groups is 2. The van der Waals surface area contributed by atoms with E-state index in [1.165, 1.54) is 40.2 Å². The first-order valence-corrected chi connectivity index (χ1v) is 9.24. The average molecular weight is 411 g/mol. The summed E-state index contributed by atoms with van der Waals surface area (Å²) in [5, 5.41) is 21.7. The first kappa shape index (κ1) is 18.5. The van der Waals surface area contributed by atoms with Crippen molar-refractivity contribution in [2.24, 2.45) is 4.99 Å². The van der Waals surface area contributed by atoms with Crippen LogP contribution in [-0.2, 0) is 6.67 Å². The van der Waals surface area contributed by atoms with Crippen molar-refractivity contribution in [2.45, 2.75) is 6.67 Å². The van der Waals surface area contributed by atoms with Crippen LogP contribution < -0.4 is 19.8 Å². The molecule has 2 heterocycles. The molecule has 11 heteroatoms. The first-order chi connectivity index (χ1) is 13.9. The molecule has 0 spiro atoms. The smallest absolute Gasteiger partial charge is 0.271 e. The fraction of sp³-hybridized carbons (Fsp3) is 0.111. The second kappa shape index (κ2) is 7.28. The van der Waals surface area contributed by atoms with Crippen molar-refractivity contribution in [3.63, 3.8) is 0 Å². The molecule has 0 N–H and O–H groups in total. The largest absolute Gasteiger partial charge is 0.333 e. The Morgan fingerprint density at radius 2 is 1.76 bits per heavy atom. The molecule has 1 aromatic heterocycles. The number of nitrogens with zero attached hydrogens (tertiary/aromatic N) is 5. The Hall–Kier alpha value is -3.86. The van der Waals surface area contributed by atoms with Gasteiger partial charge in [-0.1, -0.05) is 17.4 Å². The lowest BCUT2D eigenvalue weighted by atomic mass is 10.2. The van der Waals surface area contributed by atoms with Crippen LogP contribution in [0.25, 0.3) is 6.08 Å². The summed E-state index contributed by atoms with van der Waals surface area (Å²) >= 11 is 1.23. The Bertz CT molecular complexity index is 1300. The van der Waals surface area contributed by atoms with Crippen molar-refractivity contribution in [3.05, 3.63) is 94.0 Å². The SMILES string of the molecule is O=c1c(=Cc2ccc([N+](=O)[O-])cc2)sc2n1CN(c1cccc([N+](=O)[O-])c1)CN=2. The molecule has 0 aliphatic carbocycles. The number of aromatic nitrogens is 1. The van der Waals surface area contributed by atoms with E-state index >= 15 is 0 Å². The molecule has 0 atom stereocenters. The molecule has 1 aliphatic rings. The molecule has 0 unspecified atom stereocenters. The van der Waals surface area contributed by atoms with Gasteiger partial charge in [0.2, 0.25) is 0 Å². The highest BCUT2D eigenvalue weighted by Gasteiger charge is 2.18. The molecule has 0 radical (unpaired) electrons. The van der Waals surface area contributed by atoms with E-state index in [0.717, 1.165) is 0 Å². The summed E-state index contributed by atoms with van der Waals surface area (Å²) in [4.78, 5) is 40.3. The van der Waals surface area contributed by atoms with E-state index in [4.69, 9.17) is 0 Å². The van der Waals surface area contributed by atoms with Gasteiger partial charge >= 0.3 is 0 Å². The summed E-state index contributed by atoms with van der Waals surface area (Å²) in [6.07, 6.45) is 1.66. The molecular weight excluding hydrogens is 398 g/mol. The van der Waals surface area contributed by atoms with E-state index in [9.17, 15) is 25.0 Å². The Morgan fingerprint density at radius 3 is 2.45 bits per heavy atom. The molecule has 4 rings (SSSR count). The Kier molecular flexibility index (Phi) is 4.64. The van der Waals surface area contributed by atoms with Crippen LogP contribution in [0.1, 0.15) is 5.56 Å². The van der Waals surface area contributed by atoms with Gasteiger partial charge < -0.3 is 4.90 Å². The highest BCUT2D eigenvalue weighted by molar-refractivity contribution is 7.07. The van der Waals surface area contributed by atoms with Crippen LogP contribution in [0.5, 0.6) is 0 Å². The maximum absolute atomic E-state index is 12.8. The third-order valence-electron chi connectivity index (χ3n) is 4.38. The van der Waals surface area contributed by atoms with Gasteiger partial charge in [0.15, 0.2) is 4.80 Å². The van der Waals surface area contributed by atoms with Gasteiger partial charge in [-0.25, -0.2) is 4.99 Å². The fourth-order valence-electron chi connectivity index (χ4n) is 2.92. The lowest BCUT2D eigenvalue weighted by Crippen LogP contribution is -2.42. The van der Waals surface area contributed by atoms with E-state index in [2.05, 4.69) is 4.99 Å². The van der Waals surface area contributed by atoms with Gasteiger partial charge in [-0.15, -0.1) is 0 Å². The van der Waals surface area contributed by atoms with E-state index in [1.807, 2.05) is 0 Å². The summed E-state index contributed by atoms with van der Waals surface area (Å²) in [5.74, 6) is 0. The number of benzene rings is 2. The zero-order valence-electron chi connectivity index (χ0n) is 14.8. The zero-order valence-corrected chi connectivity index (χ0v) is 15.6. The van der Waals surface area contributed by atoms with E-state index < -0.39 is 9.85 Å². The number of nitro benzene ring substituents is 2. The van der Waals surface area contributed by atoms with Crippen molar-refractivity contribution in [2.75, 3.05) is 11.6 Å². The van der Waals surface area contributed by atoms with Crippen molar-refractivity contribution < 1.29 is 9.85 Å². The molecule has 29 heavy (non-hydrogen) atoms. The maximum atomic E-state index is 12.8. The molecule has 0 bridgehead atoms. The van der Waals surface area contributed by atoms with Crippen molar-refractivity contribution in [3.8, 4) is 0 Å². The Morgan fingerprint density at radius 1 is 1.03 bits per heavy atom. The van der Waals surface area contributed by atoms with Crippen LogP contribution in [0, 0.1) is 20.2 Å². The monoisotopic (exact) mass is 411 g/mol. The van der Waals surface area contributed by atoms with Gasteiger partial charge in [-0.3, -0.25) is 29.6 Å². The third kappa shape index (κ3) is 3.62. The molecule has 0 saturated heterocycles. The lowest BCUT2D eigenvalue weighted by Gasteiger charge is -2.25. The summed E-state index contributed by atoms with van der Waals surface area (Å²) in [5.41, 5.74) is 0.988. The third-order valence-corrected chi connectivity index (χ3v) is 5.43. The second-order valence-corrected chi connectivity index (χ2v) is 7.24. The summed E-state index contributed by atoms with van der Waals surface area (Å²) < 4.78 is 1.96. The van der Waals surface area contributed by atoms with Crippen molar-refractivity contribution in [1.82, 2.24) is 4.57 Å². The lowest BCUT2D eigenvalue weighted by molar-refractivity contribution is -0.385. The average Bonchev–Trinajstić information content (AvgIpc) is 3.03. The predicted molar refractivity (Wildman–Crippen MR) is 106 cm³/mol. The molecule has 1 aliphatic heterocycles. The number of fused-ring (bicyclic) bond motifs is 1. The number of rotatable bonds is 4. The van der Waals surface area contributed by atoms with Gasteiger partial charge in [0.05, 0.1) is 14.4 Å². The summed E-state index contributed by atoms with van der Waals surface area (Å²) in [6, 6.07) is 12.1. The van der Waals surface area contributed by atoms with Gasteiger partial charge in [0.25, 0.3) is 16.9 Å². The first-order valence-electron chi connectivity index (χ1n) is 8.42. The number of hydrogen-bond donors (Lipinski definition) is 0. The predicted octanol–water partition coefficient (Wildman–Crippen LogP) is 1.61. The van der Waals surface area contributed by atoms with Crippen LogP contribution in [0.3, 0.4) is 0 Å². The van der Waals surface area contributed by atoms with Crippen LogP contribution in [0.2, 0.25) is 0 Å². The molecule has 0 saturated carbocycles. The van der Waals surface area contributed by atoms with Gasteiger partial charge in [-0.2, -0.15) is 0 Å². The van der Waals surface area contributed by atoms with Gasteiger partial charge in [0.1, 0.15) is 13.3 Å². The minimum atomic E-state index is -0.482. The number of non-ortho nitro benzene ring substituents is 2. The second-order valence-electron chi connectivity index (χ2n) is 6.23. The molecular formula is C18H13N5O5S. The maximum Gasteiger partial charge on any atom is 0.271 e. The molecule has 10 nitrogen and oxygen atoms in total. The Balaban J connectivity index is 1.66. The Labute approximate surface area is 166 Å². The fourth-order valence-corrected chi connectivity index (χ4v) is 3.88. The number of thiazole rings is 1. The van der Waals surface area contributed by atoms with Crippen molar-refractivity contribution in [1.29, 1.82) is 0 Å². The minimum absolute atomic E-state index is 0.0213. The van der Waals surface area contributed by atoms with Gasteiger partial charge in [-0.05, 0) is 29.8 Å². The highest BCUT2D eigenvalue weighted by atomic mass is 32.1. The number of anilines is 1.